The third-order valence-corrected chi connectivity index (χ3v) is 1.71. The smallest absolute Gasteiger partial charge is 0.298 e. The topological polar surface area (TPSA) is 84.7 Å². The first-order valence-corrected chi connectivity index (χ1v) is 3.88. The molecule has 0 aliphatic carbocycles. The molecule has 0 saturated carbocycles. The second kappa shape index (κ2) is 3.25. The predicted molar refractivity (Wildman–Crippen MR) is 48.5 cm³/mol. The minimum atomic E-state index is -0.481. The van der Waals surface area contributed by atoms with Gasteiger partial charge in [-0.1, -0.05) is 0 Å². The van der Waals surface area contributed by atoms with Crippen LogP contribution in [0.3, 0.4) is 0 Å². The Labute approximate surface area is 78.8 Å². The van der Waals surface area contributed by atoms with Crippen molar-refractivity contribution in [1.29, 1.82) is 0 Å². The lowest BCUT2D eigenvalue weighted by atomic mass is 10.3. The molecule has 0 aliphatic heterocycles. The Morgan fingerprint density at radius 3 is 2.86 bits per heavy atom. The van der Waals surface area contributed by atoms with E-state index in [1.54, 1.807) is 6.20 Å². The van der Waals surface area contributed by atoms with E-state index in [1.807, 2.05) is 0 Å². The standard InChI is InChI=1S/C8H6N4O2/c13-12(14)6-2-1-3-9-7(6)8-10-4-5-11-8/h1-5H,(H,10,11). The zero-order chi connectivity index (χ0) is 9.97. The second-order valence-electron chi connectivity index (χ2n) is 2.57. The van der Waals surface area contributed by atoms with E-state index in [-0.39, 0.29) is 11.4 Å². The molecule has 0 atom stereocenters. The number of nitrogens with one attached hydrogen (secondary N) is 1. The minimum absolute atomic E-state index is 0.0533. The van der Waals surface area contributed by atoms with Crippen molar-refractivity contribution < 1.29 is 4.92 Å². The molecular formula is C8H6N4O2. The average Bonchev–Trinajstić information content (AvgIpc) is 2.70. The number of hydrogen-bond donors (Lipinski definition) is 1. The van der Waals surface area contributed by atoms with Gasteiger partial charge in [-0.2, -0.15) is 0 Å². The molecule has 0 unspecified atom stereocenters. The van der Waals surface area contributed by atoms with Gasteiger partial charge in [0.05, 0.1) is 4.92 Å². The van der Waals surface area contributed by atoms with Crippen molar-refractivity contribution in [2.45, 2.75) is 0 Å². The molecule has 0 spiro atoms. The summed E-state index contributed by atoms with van der Waals surface area (Å²) < 4.78 is 0. The first-order valence-electron chi connectivity index (χ1n) is 3.88. The minimum Gasteiger partial charge on any atom is -0.343 e. The fourth-order valence-corrected chi connectivity index (χ4v) is 1.12. The number of nitrogens with zero attached hydrogens (tertiary/aromatic N) is 3. The normalized spacial score (nSPS) is 10.0. The Morgan fingerprint density at radius 1 is 1.36 bits per heavy atom. The van der Waals surface area contributed by atoms with Crippen LogP contribution in [0, 0.1) is 10.1 Å². The van der Waals surface area contributed by atoms with E-state index in [9.17, 15) is 10.1 Å². The number of rotatable bonds is 2. The quantitative estimate of drug-likeness (QED) is 0.572. The van der Waals surface area contributed by atoms with Crippen LogP contribution in [-0.2, 0) is 0 Å². The van der Waals surface area contributed by atoms with Crippen LogP contribution >= 0.6 is 0 Å². The van der Waals surface area contributed by atoms with Crippen LogP contribution in [0.25, 0.3) is 11.5 Å². The molecule has 2 aromatic rings. The molecule has 0 fully saturated rings. The van der Waals surface area contributed by atoms with Crippen molar-refractivity contribution in [2.24, 2.45) is 0 Å². The third kappa shape index (κ3) is 1.33. The van der Waals surface area contributed by atoms with Gasteiger partial charge in [0.2, 0.25) is 0 Å². The van der Waals surface area contributed by atoms with Crippen LogP contribution in [0.1, 0.15) is 0 Å². The Hall–Kier alpha value is -2.24. The molecule has 70 valence electrons. The number of aromatic nitrogens is 3. The van der Waals surface area contributed by atoms with Gasteiger partial charge in [-0.05, 0) is 6.07 Å². The number of imidazole rings is 1. The molecule has 6 nitrogen and oxygen atoms in total. The Morgan fingerprint density at radius 2 is 2.21 bits per heavy atom. The second-order valence-corrected chi connectivity index (χ2v) is 2.57. The molecule has 6 heteroatoms. The Kier molecular flexibility index (Phi) is 1.94. The van der Waals surface area contributed by atoms with Gasteiger partial charge in [-0.3, -0.25) is 10.1 Å². The maximum absolute atomic E-state index is 10.6. The van der Waals surface area contributed by atoms with E-state index in [0.29, 0.717) is 5.82 Å². The maximum atomic E-state index is 10.6. The van der Waals surface area contributed by atoms with Gasteiger partial charge in [0.25, 0.3) is 5.69 Å². The first-order chi connectivity index (χ1) is 6.79. The van der Waals surface area contributed by atoms with Gasteiger partial charge in [0.1, 0.15) is 0 Å². The molecule has 0 saturated heterocycles. The molecule has 0 radical (unpaired) electrons. The largest absolute Gasteiger partial charge is 0.343 e. The average molecular weight is 190 g/mol. The summed E-state index contributed by atoms with van der Waals surface area (Å²) in [6.45, 7) is 0. The lowest BCUT2D eigenvalue weighted by Crippen LogP contribution is -1.94. The van der Waals surface area contributed by atoms with Crippen LogP contribution in [0.15, 0.2) is 30.7 Å². The lowest BCUT2D eigenvalue weighted by molar-refractivity contribution is -0.384. The molecule has 0 bridgehead atoms. The number of pyridine rings is 1. The van der Waals surface area contributed by atoms with Crippen LogP contribution < -0.4 is 0 Å². The van der Waals surface area contributed by atoms with Crippen molar-refractivity contribution >= 4 is 5.69 Å². The highest BCUT2D eigenvalue weighted by atomic mass is 16.6. The molecule has 0 amide bonds. The summed E-state index contributed by atoms with van der Waals surface area (Å²) in [7, 11) is 0. The SMILES string of the molecule is O=[N+]([O-])c1cccnc1-c1ncc[nH]1. The zero-order valence-corrected chi connectivity index (χ0v) is 7.04. The zero-order valence-electron chi connectivity index (χ0n) is 7.04. The molecule has 14 heavy (non-hydrogen) atoms. The summed E-state index contributed by atoms with van der Waals surface area (Å²) in [5, 5.41) is 10.6. The summed E-state index contributed by atoms with van der Waals surface area (Å²) in [4.78, 5) is 20.7. The van der Waals surface area contributed by atoms with E-state index in [2.05, 4.69) is 15.0 Å². The van der Waals surface area contributed by atoms with Crippen LogP contribution in [0.2, 0.25) is 0 Å². The van der Waals surface area contributed by atoms with E-state index < -0.39 is 4.92 Å². The van der Waals surface area contributed by atoms with Crippen molar-refractivity contribution in [2.75, 3.05) is 0 Å². The summed E-state index contributed by atoms with van der Waals surface area (Å²) in [6, 6.07) is 2.91. The summed E-state index contributed by atoms with van der Waals surface area (Å²) >= 11 is 0. The van der Waals surface area contributed by atoms with E-state index >= 15 is 0 Å². The van der Waals surface area contributed by atoms with Crippen LogP contribution in [-0.4, -0.2) is 19.9 Å². The molecule has 2 rings (SSSR count). The molecule has 1 N–H and O–H groups in total. The van der Waals surface area contributed by atoms with Gasteiger partial charge in [-0.15, -0.1) is 0 Å². The van der Waals surface area contributed by atoms with Crippen molar-refractivity contribution in [1.82, 2.24) is 15.0 Å². The van der Waals surface area contributed by atoms with Gasteiger partial charge >= 0.3 is 0 Å². The van der Waals surface area contributed by atoms with E-state index in [1.165, 1.54) is 24.5 Å². The molecular weight excluding hydrogens is 184 g/mol. The van der Waals surface area contributed by atoms with Gasteiger partial charge in [0.15, 0.2) is 11.5 Å². The molecule has 2 heterocycles. The van der Waals surface area contributed by atoms with Crippen LogP contribution in [0.4, 0.5) is 5.69 Å². The fraction of sp³-hybridized carbons (Fsp3) is 0. The number of hydrogen-bond acceptors (Lipinski definition) is 4. The lowest BCUT2D eigenvalue weighted by Gasteiger charge is -1.96. The van der Waals surface area contributed by atoms with Crippen molar-refractivity contribution in [3.8, 4) is 11.5 Å². The summed E-state index contributed by atoms with van der Waals surface area (Å²) in [6.07, 6.45) is 4.60. The van der Waals surface area contributed by atoms with E-state index in [4.69, 9.17) is 0 Å². The van der Waals surface area contributed by atoms with Gasteiger partial charge in [0, 0.05) is 24.7 Å². The van der Waals surface area contributed by atoms with Crippen molar-refractivity contribution in [3.63, 3.8) is 0 Å². The summed E-state index contributed by atoms with van der Waals surface area (Å²) in [5.41, 5.74) is 0.199. The monoisotopic (exact) mass is 190 g/mol. The molecule has 0 aromatic carbocycles. The van der Waals surface area contributed by atoms with Crippen LogP contribution in [0.5, 0.6) is 0 Å². The fourth-order valence-electron chi connectivity index (χ4n) is 1.12. The number of H-pyrrole nitrogens is 1. The Balaban J connectivity index is 2.58. The molecule has 0 aliphatic rings. The predicted octanol–water partition coefficient (Wildman–Crippen LogP) is 1.38. The number of nitro groups is 1. The number of aromatic amines is 1. The first kappa shape index (κ1) is 8.36. The highest BCUT2D eigenvalue weighted by Crippen LogP contribution is 2.23. The van der Waals surface area contributed by atoms with Gasteiger partial charge < -0.3 is 4.98 Å². The van der Waals surface area contributed by atoms with E-state index in [0.717, 1.165) is 0 Å². The molecule has 2 aromatic heterocycles. The Bertz CT molecular complexity index is 452. The summed E-state index contributed by atoms with van der Waals surface area (Å²) in [5.74, 6) is 0.400. The third-order valence-electron chi connectivity index (χ3n) is 1.71. The van der Waals surface area contributed by atoms with Gasteiger partial charge in [-0.25, -0.2) is 9.97 Å². The highest BCUT2D eigenvalue weighted by Gasteiger charge is 2.16. The maximum Gasteiger partial charge on any atom is 0.298 e. The van der Waals surface area contributed by atoms with Crippen molar-refractivity contribution in [3.05, 3.63) is 40.8 Å². The highest BCUT2D eigenvalue weighted by molar-refractivity contribution is 5.62.